The van der Waals surface area contributed by atoms with Crippen molar-refractivity contribution in [3.05, 3.63) is 29.8 Å². The molecule has 0 spiro atoms. The lowest BCUT2D eigenvalue weighted by molar-refractivity contribution is 0.0298. The molecule has 1 N–H and O–H groups in total. The largest absolute Gasteiger partial charge is 0.389 e. The second-order valence-corrected chi connectivity index (χ2v) is 7.36. The zero-order chi connectivity index (χ0) is 16.4. The van der Waals surface area contributed by atoms with Crippen molar-refractivity contribution in [2.24, 2.45) is 4.40 Å². The van der Waals surface area contributed by atoms with Crippen LogP contribution in [0.4, 0.5) is 0 Å². The van der Waals surface area contributed by atoms with Crippen molar-refractivity contribution in [3.8, 4) is 0 Å². The monoisotopic (exact) mass is 339 g/mol. The number of benzene rings is 1. The molecule has 0 bridgehead atoms. The van der Waals surface area contributed by atoms with E-state index < -0.39 is 16.1 Å². The second kappa shape index (κ2) is 6.56. The van der Waals surface area contributed by atoms with E-state index in [-0.39, 0.29) is 4.90 Å². The maximum Gasteiger partial charge on any atom is 0.285 e. The molecule has 8 heteroatoms. The topological polar surface area (TPSA) is 82.4 Å². The molecular weight excluding hydrogens is 318 g/mol. The van der Waals surface area contributed by atoms with Crippen molar-refractivity contribution in [1.82, 2.24) is 9.80 Å². The summed E-state index contributed by atoms with van der Waals surface area (Å²) in [6.45, 7) is 3.75. The lowest BCUT2D eigenvalue weighted by Gasteiger charge is -2.36. The van der Waals surface area contributed by atoms with Gasteiger partial charge in [0.15, 0.2) is 5.84 Å². The Labute approximate surface area is 136 Å². The number of β-amino-alcohol motifs (C(OH)–C–C–N with tert-alkyl or cyclic N) is 1. The number of amidine groups is 1. The van der Waals surface area contributed by atoms with Crippen LogP contribution in [0, 0.1) is 0 Å². The molecule has 7 nitrogen and oxygen atoms in total. The molecule has 0 aliphatic carbocycles. The van der Waals surface area contributed by atoms with Crippen LogP contribution < -0.4 is 0 Å². The van der Waals surface area contributed by atoms with Gasteiger partial charge in [-0.2, -0.15) is 8.42 Å². The Balaban J connectivity index is 1.67. The Bertz CT molecular complexity index is 696. The van der Waals surface area contributed by atoms with Crippen LogP contribution in [0.15, 0.2) is 33.6 Å². The number of fused-ring (bicyclic) bond motifs is 1. The van der Waals surface area contributed by atoms with E-state index in [0.717, 1.165) is 13.1 Å². The van der Waals surface area contributed by atoms with E-state index in [1.165, 1.54) is 0 Å². The number of hydrogen-bond acceptors (Lipinski definition) is 6. The van der Waals surface area contributed by atoms with Gasteiger partial charge in [0, 0.05) is 45.4 Å². The first kappa shape index (κ1) is 16.4. The van der Waals surface area contributed by atoms with Crippen LogP contribution >= 0.6 is 0 Å². The molecule has 3 rings (SSSR count). The quantitative estimate of drug-likeness (QED) is 0.815. The predicted octanol–water partition coefficient (Wildman–Crippen LogP) is -0.240. The Kier molecular flexibility index (Phi) is 4.67. The van der Waals surface area contributed by atoms with E-state index in [2.05, 4.69) is 9.30 Å². The van der Waals surface area contributed by atoms with Gasteiger partial charge < -0.3 is 14.7 Å². The normalized spacial score (nSPS) is 21.8. The van der Waals surface area contributed by atoms with Gasteiger partial charge in [0.2, 0.25) is 0 Å². The molecule has 1 saturated heterocycles. The van der Waals surface area contributed by atoms with E-state index in [9.17, 15) is 13.5 Å². The van der Waals surface area contributed by atoms with Crippen molar-refractivity contribution >= 4 is 15.9 Å². The van der Waals surface area contributed by atoms with Gasteiger partial charge >= 0.3 is 0 Å². The summed E-state index contributed by atoms with van der Waals surface area (Å²) in [5, 5.41) is 9.79. The molecule has 0 radical (unpaired) electrons. The number of piperazine rings is 1. The summed E-state index contributed by atoms with van der Waals surface area (Å²) >= 11 is 0. The van der Waals surface area contributed by atoms with Gasteiger partial charge in [-0.1, -0.05) is 12.1 Å². The molecule has 0 amide bonds. The Morgan fingerprint density at radius 2 is 1.96 bits per heavy atom. The third-order valence-electron chi connectivity index (χ3n) is 4.11. The van der Waals surface area contributed by atoms with E-state index in [1.807, 2.05) is 11.0 Å². The van der Waals surface area contributed by atoms with Gasteiger partial charge in [-0.25, -0.2) is 0 Å². The summed E-state index contributed by atoms with van der Waals surface area (Å²) in [7, 11) is -2.00. The number of aliphatic hydroxyl groups is 1. The van der Waals surface area contributed by atoms with Crippen molar-refractivity contribution in [3.63, 3.8) is 0 Å². The maximum atomic E-state index is 12.1. The molecule has 1 aromatic rings. The third kappa shape index (κ3) is 3.40. The van der Waals surface area contributed by atoms with E-state index in [0.29, 0.717) is 37.6 Å². The smallest absolute Gasteiger partial charge is 0.285 e. The van der Waals surface area contributed by atoms with Gasteiger partial charge in [0.05, 0.1) is 12.7 Å². The summed E-state index contributed by atoms with van der Waals surface area (Å²) in [5.74, 6) is 0.540. The second-order valence-electron chi connectivity index (χ2n) is 5.78. The summed E-state index contributed by atoms with van der Waals surface area (Å²) in [6, 6.07) is 6.93. The first-order valence-corrected chi connectivity index (χ1v) is 9.04. The van der Waals surface area contributed by atoms with Gasteiger partial charge in [0.1, 0.15) is 4.90 Å². The lowest BCUT2D eigenvalue weighted by atomic mass is 10.1. The van der Waals surface area contributed by atoms with Gasteiger partial charge in [-0.15, -0.1) is 4.40 Å². The highest BCUT2D eigenvalue weighted by Crippen LogP contribution is 2.27. The molecule has 1 atom stereocenters. The average Bonchev–Trinajstić information content (AvgIpc) is 2.81. The lowest BCUT2D eigenvalue weighted by Crippen LogP contribution is -2.50. The predicted molar refractivity (Wildman–Crippen MR) is 86.1 cm³/mol. The van der Waals surface area contributed by atoms with Crippen LogP contribution in [-0.2, 0) is 14.8 Å². The minimum absolute atomic E-state index is 0.285. The van der Waals surface area contributed by atoms with Gasteiger partial charge in [-0.3, -0.25) is 4.90 Å². The molecule has 23 heavy (non-hydrogen) atoms. The first-order valence-electron chi connectivity index (χ1n) is 7.60. The highest BCUT2D eigenvalue weighted by atomic mass is 32.2. The summed E-state index contributed by atoms with van der Waals surface area (Å²) < 4.78 is 33.1. The first-order chi connectivity index (χ1) is 11.0. The van der Waals surface area contributed by atoms with Crippen molar-refractivity contribution in [1.29, 1.82) is 0 Å². The highest BCUT2D eigenvalue weighted by molar-refractivity contribution is 7.90. The number of rotatable bonds is 4. The minimum Gasteiger partial charge on any atom is -0.389 e. The number of methoxy groups -OCH3 is 1. The highest BCUT2D eigenvalue weighted by Gasteiger charge is 2.32. The number of sulfonamides is 1. The molecule has 0 saturated carbocycles. The van der Waals surface area contributed by atoms with Crippen LogP contribution in [0.25, 0.3) is 0 Å². The molecule has 1 unspecified atom stereocenters. The molecule has 1 fully saturated rings. The van der Waals surface area contributed by atoms with Crippen LogP contribution in [0.3, 0.4) is 0 Å². The SMILES string of the molecule is COCC(O)CN1CCN(C2=NS(=O)(=O)c3ccccc32)CC1. The van der Waals surface area contributed by atoms with Crippen molar-refractivity contribution in [2.45, 2.75) is 11.0 Å². The summed E-state index contributed by atoms with van der Waals surface area (Å²) in [4.78, 5) is 4.44. The van der Waals surface area contributed by atoms with Crippen molar-refractivity contribution < 1.29 is 18.3 Å². The van der Waals surface area contributed by atoms with Gasteiger partial charge in [0.25, 0.3) is 10.0 Å². The number of ether oxygens (including phenoxy) is 1. The molecule has 2 aliphatic rings. The van der Waals surface area contributed by atoms with Crippen LogP contribution in [0.1, 0.15) is 5.56 Å². The fraction of sp³-hybridized carbons (Fsp3) is 0.533. The van der Waals surface area contributed by atoms with E-state index >= 15 is 0 Å². The fourth-order valence-electron chi connectivity index (χ4n) is 3.00. The molecule has 0 aromatic heterocycles. The Morgan fingerprint density at radius 3 is 2.65 bits per heavy atom. The standard InChI is InChI=1S/C15H21N3O4S/c1-22-11-12(19)10-17-6-8-18(9-7-17)15-13-4-2-3-5-14(13)23(20,21)16-15/h2-5,12,19H,6-11H2,1H3. The average molecular weight is 339 g/mol. The zero-order valence-corrected chi connectivity index (χ0v) is 13.9. The maximum absolute atomic E-state index is 12.1. The minimum atomic E-state index is -3.57. The van der Waals surface area contributed by atoms with E-state index in [4.69, 9.17) is 4.74 Å². The molecular formula is C15H21N3O4S. The number of hydrogen-bond donors (Lipinski definition) is 1. The number of aliphatic hydroxyl groups excluding tert-OH is 1. The third-order valence-corrected chi connectivity index (χ3v) is 5.44. The Hall–Kier alpha value is -1.48. The molecule has 2 aliphatic heterocycles. The van der Waals surface area contributed by atoms with Gasteiger partial charge in [-0.05, 0) is 12.1 Å². The number of nitrogens with zero attached hydrogens (tertiary/aromatic N) is 3. The fourth-order valence-corrected chi connectivity index (χ4v) is 4.23. The van der Waals surface area contributed by atoms with E-state index in [1.54, 1.807) is 25.3 Å². The summed E-state index contributed by atoms with van der Waals surface area (Å²) in [5.41, 5.74) is 0.681. The zero-order valence-electron chi connectivity index (χ0n) is 13.1. The van der Waals surface area contributed by atoms with Crippen molar-refractivity contribution in [2.75, 3.05) is 46.4 Å². The van der Waals surface area contributed by atoms with Crippen LogP contribution in [0.5, 0.6) is 0 Å². The molecule has 2 heterocycles. The Morgan fingerprint density at radius 1 is 1.26 bits per heavy atom. The van der Waals surface area contributed by atoms with Crippen LogP contribution in [-0.4, -0.2) is 81.7 Å². The molecule has 1 aromatic carbocycles. The van der Waals surface area contributed by atoms with Crippen LogP contribution in [0.2, 0.25) is 0 Å². The molecule has 126 valence electrons. The summed E-state index contributed by atoms with van der Waals surface area (Å²) in [6.07, 6.45) is -0.503.